The number of halogens is 2. The number of amides is 1. The predicted octanol–water partition coefficient (Wildman–Crippen LogP) is 2.53. The second kappa shape index (κ2) is 8.24. The molecule has 0 unspecified atom stereocenters. The molecule has 2 aromatic carbocycles. The van der Waals surface area contributed by atoms with Crippen molar-refractivity contribution in [3.8, 4) is 0 Å². The Morgan fingerprint density at radius 2 is 1.96 bits per heavy atom. The highest BCUT2D eigenvalue weighted by Crippen LogP contribution is 2.24. The average Bonchev–Trinajstić information content (AvgIpc) is 3.03. The molecule has 0 aliphatic carbocycles. The minimum absolute atomic E-state index is 0. The molecule has 3 rings (SSSR count). The highest BCUT2D eigenvalue weighted by Gasteiger charge is 2.27. The first-order chi connectivity index (χ1) is 12.3. The van der Waals surface area contributed by atoms with Crippen LogP contribution in [0.15, 0.2) is 47.4 Å². The number of para-hydroxylation sites is 1. The highest BCUT2D eigenvalue weighted by atomic mass is 35.5. The van der Waals surface area contributed by atoms with Crippen molar-refractivity contribution in [3.05, 3.63) is 59.4 Å². The van der Waals surface area contributed by atoms with Crippen LogP contribution in [0.4, 0.5) is 10.1 Å². The Hall–Kier alpha value is -2.16. The summed E-state index contributed by atoms with van der Waals surface area (Å²) in [6, 6.07) is 9.88. The van der Waals surface area contributed by atoms with Gasteiger partial charge in [0.15, 0.2) is 0 Å². The molecule has 1 fully saturated rings. The first-order valence-corrected chi connectivity index (χ1v) is 9.69. The number of hydrogen-bond acceptors (Lipinski definition) is 4. The summed E-state index contributed by atoms with van der Waals surface area (Å²) < 4.78 is 41.1. The van der Waals surface area contributed by atoms with Gasteiger partial charge >= 0.3 is 0 Å². The summed E-state index contributed by atoms with van der Waals surface area (Å²) in [5.41, 5.74) is 6.51. The van der Waals surface area contributed by atoms with Crippen LogP contribution in [0, 0.1) is 12.7 Å². The lowest BCUT2D eigenvalue weighted by Crippen LogP contribution is -2.32. The normalized spacial score (nSPS) is 16.7. The van der Waals surface area contributed by atoms with Gasteiger partial charge in [-0.1, -0.05) is 12.1 Å². The molecule has 0 aromatic heterocycles. The number of nitrogens with one attached hydrogen (secondary N) is 1. The average molecular weight is 414 g/mol. The van der Waals surface area contributed by atoms with E-state index < -0.39 is 15.8 Å². The number of anilines is 1. The van der Waals surface area contributed by atoms with Crippen LogP contribution in [0.3, 0.4) is 0 Å². The summed E-state index contributed by atoms with van der Waals surface area (Å²) in [7, 11) is -3.96. The lowest BCUT2D eigenvalue weighted by atomic mass is 10.1. The molecule has 1 heterocycles. The Morgan fingerprint density at radius 3 is 2.59 bits per heavy atom. The molecule has 0 spiro atoms. The number of nitrogens with two attached hydrogens (primary N) is 1. The summed E-state index contributed by atoms with van der Waals surface area (Å²) >= 11 is 0. The molecule has 1 aliphatic rings. The molecule has 0 radical (unpaired) electrons. The second-order valence-corrected chi connectivity index (χ2v) is 8.04. The van der Waals surface area contributed by atoms with E-state index in [9.17, 15) is 17.6 Å². The first-order valence-electron chi connectivity index (χ1n) is 8.21. The quantitative estimate of drug-likeness (QED) is 0.805. The minimum Gasteiger partial charge on any atom is -0.337 e. The van der Waals surface area contributed by atoms with E-state index in [1.54, 1.807) is 23.1 Å². The summed E-state index contributed by atoms with van der Waals surface area (Å²) in [6.45, 7) is 2.47. The molecule has 3 N–H and O–H groups in total. The molecule has 6 nitrogen and oxygen atoms in total. The van der Waals surface area contributed by atoms with Crippen LogP contribution >= 0.6 is 12.4 Å². The Balaban J connectivity index is 0.00000261. The zero-order valence-corrected chi connectivity index (χ0v) is 16.3. The summed E-state index contributed by atoms with van der Waals surface area (Å²) in [4.78, 5) is 14.3. The van der Waals surface area contributed by atoms with Gasteiger partial charge in [-0.05, 0) is 49.2 Å². The number of sulfonamides is 1. The number of carbonyl (C=O) groups is 1. The Kier molecular flexibility index (Phi) is 6.46. The number of carbonyl (C=O) groups excluding carboxylic acids is 1. The van der Waals surface area contributed by atoms with E-state index in [0.717, 1.165) is 6.07 Å². The third-order valence-corrected chi connectivity index (χ3v) is 5.72. The van der Waals surface area contributed by atoms with Crippen molar-refractivity contribution in [2.75, 3.05) is 17.8 Å². The Bertz CT molecular complexity index is 953. The van der Waals surface area contributed by atoms with Crippen molar-refractivity contribution >= 4 is 34.0 Å². The minimum atomic E-state index is -3.96. The van der Waals surface area contributed by atoms with Crippen LogP contribution in [0.5, 0.6) is 0 Å². The zero-order valence-electron chi connectivity index (χ0n) is 14.7. The van der Waals surface area contributed by atoms with E-state index in [1.165, 1.54) is 25.1 Å². The van der Waals surface area contributed by atoms with Crippen LogP contribution in [0.25, 0.3) is 0 Å². The van der Waals surface area contributed by atoms with Crippen LogP contribution in [-0.4, -0.2) is 38.4 Å². The molecule has 1 atom stereocenters. The monoisotopic (exact) mass is 413 g/mol. The molecular formula is C18H21ClFN3O3S. The lowest BCUT2D eigenvalue weighted by molar-refractivity contribution is 0.0792. The number of likely N-dealkylation sites (tertiary alicyclic amines) is 1. The second-order valence-electron chi connectivity index (χ2n) is 6.36. The number of nitrogens with zero attached hydrogens (tertiary/aromatic N) is 1. The maximum absolute atomic E-state index is 13.4. The molecular weight excluding hydrogens is 393 g/mol. The van der Waals surface area contributed by atoms with Gasteiger partial charge in [0, 0.05) is 19.1 Å². The standard InChI is InChI=1S/C18H20FN3O3S.ClH/c1-12-10-14(6-7-16(12)19)26(24,25)21-17-5-3-2-4-15(17)18(23)22-9-8-13(20)11-22;/h2-7,10,13,21H,8-9,11,20H2,1H3;1H/t13-;/m1./s1. The molecule has 0 bridgehead atoms. The number of aryl methyl sites for hydroxylation is 1. The Morgan fingerprint density at radius 1 is 1.26 bits per heavy atom. The van der Waals surface area contributed by atoms with Gasteiger partial charge in [-0.25, -0.2) is 12.8 Å². The number of benzene rings is 2. The molecule has 2 aromatic rings. The number of rotatable bonds is 4. The number of hydrogen-bond donors (Lipinski definition) is 2. The molecule has 9 heteroatoms. The van der Waals surface area contributed by atoms with Crippen molar-refractivity contribution in [2.24, 2.45) is 5.73 Å². The van der Waals surface area contributed by atoms with Crippen LogP contribution in [0.1, 0.15) is 22.3 Å². The maximum Gasteiger partial charge on any atom is 0.261 e. The first kappa shape index (κ1) is 21.1. The van der Waals surface area contributed by atoms with Gasteiger partial charge in [-0.15, -0.1) is 12.4 Å². The van der Waals surface area contributed by atoms with Gasteiger partial charge in [-0.2, -0.15) is 0 Å². The summed E-state index contributed by atoms with van der Waals surface area (Å²) in [5, 5.41) is 0. The van der Waals surface area contributed by atoms with Crippen molar-refractivity contribution in [1.29, 1.82) is 0 Å². The summed E-state index contributed by atoms with van der Waals surface area (Å²) in [6.07, 6.45) is 0.717. The van der Waals surface area contributed by atoms with E-state index in [-0.39, 0.29) is 46.1 Å². The van der Waals surface area contributed by atoms with E-state index in [0.29, 0.717) is 19.5 Å². The molecule has 0 saturated carbocycles. The van der Waals surface area contributed by atoms with Crippen LogP contribution < -0.4 is 10.5 Å². The van der Waals surface area contributed by atoms with E-state index in [1.807, 2.05) is 0 Å². The third kappa shape index (κ3) is 4.58. The summed E-state index contributed by atoms with van der Waals surface area (Å²) in [5.74, 6) is -0.753. The Labute approximate surface area is 164 Å². The highest BCUT2D eigenvalue weighted by molar-refractivity contribution is 7.92. The van der Waals surface area contributed by atoms with Crippen LogP contribution in [0.2, 0.25) is 0 Å². The molecule has 1 aliphatic heterocycles. The zero-order chi connectivity index (χ0) is 18.9. The van der Waals surface area contributed by atoms with Crippen molar-refractivity contribution < 1.29 is 17.6 Å². The topological polar surface area (TPSA) is 92.5 Å². The maximum atomic E-state index is 13.4. The van der Waals surface area contributed by atoms with E-state index in [4.69, 9.17) is 5.73 Å². The van der Waals surface area contributed by atoms with Crippen LogP contribution in [-0.2, 0) is 10.0 Å². The van der Waals surface area contributed by atoms with Crippen molar-refractivity contribution in [2.45, 2.75) is 24.3 Å². The van der Waals surface area contributed by atoms with Gasteiger partial charge in [0.05, 0.1) is 16.1 Å². The fourth-order valence-electron chi connectivity index (χ4n) is 2.89. The van der Waals surface area contributed by atoms with Gasteiger partial charge < -0.3 is 10.6 Å². The van der Waals surface area contributed by atoms with Gasteiger partial charge in [0.2, 0.25) is 0 Å². The van der Waals surface area contributed by atoms with E-state index >= 15 is 0 Å². The fraction of sp³-hybridized carbons (Fsp3) is 0.278. The van der Waals surface area contributed by atoms with Crippen molar-refractivity contribution in [3.63, 3.8) is 0 Å². The molecule has 27 heavy (non-hydrogen) atoms. The van der Waals surface area contributed by atoms with Gasteiger partial charge in [0.1, 0.15) is 5.82 Å². The predicted molar refractivity (Wildman–Crippen MR) is 104 cm³/mol. The SMILES string of the molecule is Cc1cc(S(=O)(=O)Nc2ccccc2C(=O)N2CC[C@@H](N)C2)ccc1F.Cl. The largest absolute Gasteiger partial charge is 0.337 e. The lowest BCUT2D eigenvalue weighted by Gasteiger charge is -2.18. The smallest absolute Gasteiger partial charge is 0.261 e. The van der Waals surface area contributed by atoms with Gasteiger partial charge in [0.25, 0.3) is 15.9 Å². The molecule has 146 valence electrons. The fourth-order valence-corrected chi connectivity index (χ4v) is 4.05. The molecule has 1 saturated heterocycles. The van der Waals surface area contributed by atoms with Crippen molar-refractivity contribution in [1.82, 2.24) is 4.90 Å². The third-order valence-electron chi connectivity index (χ3n) is 4.35. The molecule has 1 amide bonds. The van der Waals surface area contributed by atoms with Gasteiger partial charge in [-0.3, -0.25) is 9.52 Å². The van der Waals surface area contributed by atoms with E-state index in [2.05, 4.69) is 4.72 Å².